The number of aryl methyl sites for hydroxylation is 2. The topological polar surface area (TPSA) is 30.0 Å². The Morgan fingerprint density at radius 1 is 1.04 bits per heavy atom. The molecule has 0 N–H and O–H groups in total. The second kappa shape index (κ2) is 7.75. The Morgan fingerprint density at radius 3 is 2.60 bits per heavy atom. The van der Waals surface area contributed by atoms with Gasteiger partial charge >= 0.3 is 0 Å². The van der Waals surface area contributed by atoms with E-state index >= 15 is 0 Å². The molecule has 3 heteroatoms. The lowest BCUT2D eigenvalue weighted by atomic mass is 9.93. The minimum absolute atomic E-state index is 0.165. The van der Waals surface area contributed by atoms with Crippen molar-refractivity contribution in [2.24, 2.45) is 0 Å². The van der Waals surface area contributed by atoms with Gasteiger partial charge < -0.3 is 0 Å². The van der Waals surface area contributed by atoms with Gasteiger partial charge in [0.25, 0.3) is 0 Å². The number of carbonyl (C=O) groups excluding carboxylic acids is 1. The number of nitrogens with zero attached hydrogens (tertiary/aromatic N) is 1. The van der Waals surface area contributed by atoms with Crippen LogP contribution in [0.4, 0.5) is 0 Å². The number of carbonyl (C=O) groups is 1. The predicted molar refractivity (Wildman–Crippen MR) is 106 cm³/mol. The van der Waals surface area contributed by atoms with Crippen molar-refractivity contribution in [2.45, 2.75) is 26.7 Å². The Labute approximate surface area is 157 Å². The first-order chi connectivity index (χ1) is 12.0. The van der Waals surface area contributed by atoms with E-state index in [-0.39, 0.29) is 5.78 Å². The molecule has 0 aliphatic rings. The number of aromatic nitrogens is 1. The van der Waals surface area contributed by atoms with Gasteiger partial charge in [0.05, 0.1) is 0 Å². The first kappa shape index (κ1) is 17.6. The zero-order valence-electron chi connectivity index (χ0n) is 14.4. The highest BCUT2D eigenvalue weighted by molar-refractivity contribution is 9.10. The maximum Gasteiger partial charge on any atom is 0.163 e. The van der Waals surface area contributed by atoms with Gasteiger partial charge in [0, 0.05) is 28.3 Å². The number of hydrogen-bond donors (Lipinski definition) is 0. The highest BCUT2D eigenvalue weighted by Gasteiger charge is 2.10. The van der Waals surface area contributed by atoms with E-state index in [1.165, 1.54) is 22.3 Å². The molecule has 0 spiro atoms. The van der Waals surface area contributed by atoms with E-state index in [0.29, 0.717) is 6.42 Å². The van der Waals surface area contributed by atoms with Gasteiger partial charge in [0.1, 0.15) is 0 Å². The fourth-order valence-corrected chi connectivity index (χ4v) is 3.43. The highest BCUT2D eigenvalue weighted by atomic mass is 79.9. The molecule has 3 rings (SSSR count). The number of ketones is 1. The molecule has 1 aromatic heterocycles. The Balaban J connectivity index is 1.80. The van der Waals surface area contributed by atoms with E-state index in [2.05, 4.69) is 58.2 Å². The Morgan fingerprint density at radius 2 is 1.84 bits per heavy atom. The fraction of sp³-hybridized carbons (Fsp3) is 0.182. The van der Waals surface area contributed by atoms with Crippen molar-refractivity contribution in [1.29, 1.82) is 0 Å². The maximum absolute atomic E-state index is 12.4. The quantitative estimate of drug-likeness (QED) is 0.501. The summed E-state index contributed by atoms with van der Waals surface area (Å²) in [5.74, 6) is 0.165. The molecule has 1 heterocycles. The molecule has 0 fully saturated rings. The molecule has 126 valence electrons. The zero-order valence-corrected chi connectivity index (χ0v) is 16.0. The molecule has 0 saturated carbocycles. The van der Waals surface area contributed by atoms with Crippen molar-refractivity contribution in [1.82, 2.24) is 4.98 Å². The summed E-state index contributed by atoms with van der Waals surface area (Å²) in [5.41, 5.74) is 6.47. The SMILES string of the molecule is Cc1cc(C(=O)CCc2cccc(-c3cccc(Br)c3)c2C)ccn1. The van der Waals surface area contributed by atoms with E-state index in [1.54, 1.807) is 12.3 Å². The third-order valence-corrected chi connectivity index (χ3v) is 4.91. The molecule has 0 aliphatic heterocycles. The van der Waals surface area contributed by atoms with E-state index < -0.39 is 0 Å². The molecule has 2 nitrogen and oxygen atoms in total. The molecule has 0 bridgehead atoms. The first-order valence-electron chi connectivity index (χ1n) is 8.35. The fourth-order valence-electron chi connectivity index (χ4n) is 3.03. The third-order valence-electron chi connectivity index (χ3n) is 4.42. The summed E-state index contributed by atoms with van der Waals surface area (Å²) >= 11 is 3.53. The van der Waals surface area contributed by atoms with Crippen LogP contribution in [0.1, 0.15) is 33.6 Å². The molecule has 0 aliphatic carbocycles. The molecule has 25 heavy (non-hydrogen) atoms. The number of halogens is 1. The largest absolute Gasteiger partial charge is 0.294 e. The molecule has 3 aromatic rings. The molecule has 2 aromatic carbocycles. The van der Waals surface area contributed by atoms with Crippen LogP contribution in [0, 0.1) is 13.8 Å². The average molecular weight is 394 g/mol. The predicted octanol–water partition coefficient (Wildman–Crippen LogP) is 5.94. The number of pyridine rings is 1. The minimum Gasteiger partial charge on any atom is -0.294 e. The Kier molecular flexibility index (Phi) is 5.44. The lowest BCUT2D eigenvalue weighted by molar-refractivity contribution is 0.0982. The highest BCUT2D eigenvalue weighted by Crippen LogP contribution is 2.28. The van der Waals surface area contributed by atoms with Gasteiger partial charge in [-0.05, 0) is 66.8 Å². The number of rotatable bonds is 5. The van der Waals surface area contributed by atoms with E-state index in [9.17, 15) is 4.79 Å². The average Bonchev–Trinajstić information content (AvgIpc) is 2.60. The minimum atomic E-state index is 0.165. The second-order valence-corrected chi connectivity index (χ2v) is 7.12. The molecular weight excluding hydrogens is 374 g/mol. The van der Waals surface area contributed by atoms with Gasteiger partial charge in [-0.1, -0.05) is 46.3 Å². The number of Topliss-reactive ketones (excluding diaryl/α,β-unsaturated/α-hetero) is 1. The lowest BCUT2D eigenvalue weighted by Gasteiger charge is -2.12. The van der Waals surface area contributed by atoms with Crippen LogP contribution in [0.2, 0.25) is 0 Å². The normalized spacial score (nSPS) is 10.7. The summed E-state index contributed by atoms with van der Waals surface area (Å²) in [6, 6.07) is 18.3. The number of benzene rings is 2. The Hall–Kier alpha value is -2.26. The standard InChI is InChI=1S/C22H20BrNO/c1-15-13-19(11-12-24-15)22(25)10-9-17-5-4-8-21(16(17)2)18-6-3-7-20(23)14-18/h3-8,11-14H,9-10H2,1-2H3. The Bertz CT molecular complexity index is 917. The van der Waals surface area contributed by atoms with Crippen molar-refractivity contribution in [3.63, 3.8) is 0 Å². The van der Waals surface area contributed by atoms with Crippen LogP contribution in [-0.2, 0) is 6.42 Å². The van der Waals surface area contributed by atoms with Gasteiger partial charge in [0.15, 0.2) is 5.78 Å². The van der Waals surface area contributed by atoms with Gasteiger partial charge in [-0.3, -0.25) is 9.78 Å². The summed E-state index contributed by atoms with van der Waals surface area (Å²) in [6.07, 6.45) is 2.95. The van der Waals surface area contributed by atoms with Crippen molar-refractivity contribution < 1.29 is 4.79 Å². The lowest BCUT2D eigenvalue weighted by Crippen LogP contribution is -2.03. The first-order valence-corrected chi connectivity index (χ1v) is 9.14. The monoisotopic (exact) mass is 393 g/mol. The summed E-state index contributed by atoms with van der Waals surface area (Å²) in [5, 5.41) is 0. The summed E-state index contributed by atoms with van der Waals surface area (Å²) in [7, 11) is 0. The molecule has 0 radical (unpaired) electrons. The molecule has 0 amide bonds. The van der Waals surface area contributed by atoms with Gasteiger partial charge in [-0.25, -0.2) is 0 Å². The van der Waals surface area contributed by atoms with Crippen LogP contribution in [0.15, 0.2) is 65.3 Å². The van der Waals surface area contributed by atoms with E-state index in [4.69, 9.17) is 0 Å². The molecule has 0 saturated heterocycles. The van der Waals surface area contributed by atoms with Crippen LogP contribution in [0.5, 0.6) is 0 Å². The van der Waals surface area contributed by atoms with Crippen molar-refractivity contribution in [3.05, 3.63) is 87.7 Å². The van der Waals surface area contributed by atoms with Crippen LogP contribution >= 0.6 is 15.9 Å². The van der Waals surface area contributed by atoms with Gasteiger partial charge in [0.2, 0.25) is 0 Å². The second-order valence-electron chi connectivity index (χ2n) is 6.21. The third kappa shape index (κ3) is 4.23. The maximum atomic E-state index is 12.4. The van der Waals surface area contributed by atoms with Gasteiger partial charge in [-0.15, -0.1) is 0 Å². The summed E-state index contributed by atoms with van der Waals surface area (Å²) < 4.78 is 1.07. The van der Waals surface area contributed by atoms with E-state index in [1.807, 2.05) is 25.1 Å². The van der Waals surface area contributed by atoms with Crippen molar-refractivity contribution in [2.75, 3.05) is 0 Å². The molecular formula is C22H20BrNO. The van der Waals surface area contributed by atoms with Crippen LogP contribution in [-0.4, -0.2) is 10.8 Å². The molecule has 0 unspecified atom stereocenters. The molecule has 0 atom stereocenters. The van der Waals surface area contributed by atoms with Crippen molar-refractivity contribution >= 4 is 21.7 Å². The summed E-state index contributed by atoms with van der Waals surface area (Å²) in [6.45, 7) is 4.04. The van der Waals surface area contributed by atoms with Crippen LogP contribution in [0.3, 0.4) is 0 Å². The van der Waals surface area contributed by atoms with Crippen molar-refractivity contribution in [3.8, 4) is 11.1 Å². The number of hydrogen-bond acceptors (Lipinski definition) is 2. The smallest absolute Gasteiger partial charge is 0.163 e. The van der Waals surface area contributed by atoms with Gasteiger partial charge in [-0.2, -0.15) is 0 Å². The summed E-state index contributed by atoms with van der Waals surface area (Å²) in [4.78, 5) is 16.6. The van der Waals surface area contributed by atoms with Crippen LogP contribution in [0.25, 0.3) is 11.1 Å². The van der Waals surface area contributed by atoms with Crippen LogP contribution < -0.4 is 0 Å². The zero-order chi connectivity index (χ0) is 17.8. The van der Waals surface area contributed by atoms with E-state index in [0.717, 1.165) is 22.2 Å².